The lowest BCUT2D eigenvalue weighted by molar-refractivity contribution is 0.462. The number of benzene rings is 1. The van der Waals surface area contributed by atoms with Gasteiger partial charge in [-0.1, -0.05) is 48.5 Å². The lowest BCUT2D eigenvalue weighted by Gasteiger charge is -2.41. The molecule has 0 saturated heterocycles. The van der Waals surface area contributed by atoms with Crippen LogP contribution in [-0.2, 0) is 12.0 Å². The number of aromatic nitrogens is 2. The minimum atomic E-state index is -0.602. The molecule has 1 fully saturated rings. The highest BCUT2D eigenvalue weighted by Gasteiger charge is 2.45. The molecule has 4 rings (SSSR count). The summed E-state index contributed by atoms with van der Waals surface area (Å²) < 4.78 is 1.97. The molecule has 1 aliphatic carbocycles. The zero-order valence-corrected chi connectivity index (χ0v) is 15.5. The van der Waals surface area contributed by atoms with Crippen molar-refractivity contribution in [2.24, 2.45) is 10.8 Å². The molecule has 1 aromatic heterocycles. The zero-order valence-electron chi connectivity index (χ0n) is 13.9. The Labute approximate surface area is 151 Å². The third kappa shape index (κ3) is 2.33. The van der Waals surface area contributed by atoms with Gasteiger partial charge in [-0.3, -0.25) is 0 Å². The fourth-order valence-electron chi connectivity index (χ4n) is 3.76. The normalized spacial score (nSPS) is 25.8. The number of nitrogens with two attached hydrogens (primary N) is 1. The first-order valence-electron chi connectivity index (χ1n) is 8.42. The van der Waals surface area contributed by atoms with Gasteiger partial charge in [-0.2, -0.15) is 5.10 Å². The van der Waals surface area contributed by atoms with Gasteiger partial charge < -0.3 is 5.73 Å². The summed E-state index contributed by atoms with van der Waals surface area (Å²) in [6.07, 6.45) is 3.94. The van der Waals surface area contributed by atoms with Gasteiger partial charge in [0.1, 0.15) is 0 Å². The molecule has 24 heavy (non-hydrogen) atoms. The number of rotatable bonds is 2. The molecule has 2 unspecified atom stereocenters. The molecule has 2 heterocycles. The van der Waals surface area contributed by atoms with E-state index in [0.29, 0.717) is 0 Å². The average Bonchev–Trinajstić information content (AvgIpc) is 2.89. The molecule has 1 aromatic carbocycles. The highest BCUT2D eigenvalue weighted by Crippen LogP contribution is 2.44. The molecule has 6 heteroatoms. The summed E-state index contributed by atoms with van der Waals surface area (Å²) in [6, 6.07) is 7.89. The van der Waals surface area contributed by atoms with Crippen LogP contribution in [0.1, 0.15) is 43.1 Å². The minimum Gasteiger partial charge on any atom is -0.317 e. The lowest BCUT2D eigenvalue weighted by atomic mass is 9.75. The Morgan fingerprint density at radius 2 is 2.21 bits per heavy atom. The predicted octanol–water partition coefficient (Wildman–Crippen LogP) is 4.12. The SMILES string of the molecule is CCc1nc2n(c1C)N=C1C(CCCC1(N)c1ccccc1Cl)S2. The maximum absolute atomic E-state index is 6.92. The monoisotopic (exact) mass is 360 g/mol. The predicted molar refractivity (Wildman–Crippen MR) is 100.0 cm³/mol. The molecular weight excluding hydrogens is 340 g/mol. The smallest absolute Gasteiger partial charge is 0.189 e. The maximum atomic E-state index is 6.92. The standard InChI is InChI=1S/C18H21ClN4S/c1-3-14-11(2)23-17(21-14)24-15-9-6-10-18(20,16(15)22-23)12-7-4-5-8-13(12)19/h4-5,7-8,15H,3,6,9-10,20H2,1-2H3. The van der Waals surface area contributed by atoms with E-state index in [1.54, 1.807) is 11.8 Å². The van der Waals surface area contributed by atoms with E-state index in [9.17, 15) is 0 Å². The van der Waals surface area contributed by atoms with Crippen molar-refractivity contribution in [3.63, 3.8) is 0 Å². The quantitative estimate of drug-likeness (QED) is 0.876. The number of aryl methyl sites for hydroxylation is 1. The molecular formula is C18H21ClN4S. The first kappa shape index (κ1) is 16.2. The van der Waals surface area contributed by atoms with E-state index in [-0.39, 0.29) is 5.25 Å². The number of halogens is 1. The fraction of sp³-hybridized carbons (Fsp3) is 0.444. The van der Waals surface area contributed by atoms with Crippen LogP contribution in [0.2, 0.25) is 5.02 Å². The molecule has 0 bridgehead atoms. The first-order chi connectivity index (χ1) is 11.5. The summed E-state index contributed by atoms with van der Waals surface area (Å²) >= 11 is 8.27. The largest absolute Gasteiger partial charge is 0.317 e. The van der Waals surface area contributed by atoms with Crippen molar-refractivity contribution in [3.8, 4) is 0 Å². The van der Waals surface area contributed by atoms with Crippen LogP contribution in [0.25, 0.3) is 0 Å². The summed E-state index contributed by atoms with van der Waals surface area (Å²) in [4.78, 5) is 4.75. The number of nitrogens with zero attached hydrogens (tertiary/aromatic N) is 3. The van der Waals surface area contributed by atoms with E-state index in [1.165, 1.54) is 0 Å². The Morgan fingerprint density at radius 3 is 2.96 bits per heavy atom. The summed E-state index contributed by atoms with van der Waals surface area (Å²) in [7, 11) is 0. The molecule has 4 nitrogen and oxygen atoms in total. The third-order valence-corrected chi connectivity index (χ3v) is 6.64. The molecule has 0 radical (unpaired) electrons. The molecule has 2 aliphatic rings. The highest BCUT2D eigenvalue weighted by atomic mass is 35.5. The van der Waals surface area contributed by atoms with Crippen LogP contribution < -0.4 is 5.73 Å². The van der Waals surface area contributed by atoms with Crippen LogP contribution in [0.15, 0.2) is 34.5 Å². The summed E-state index contributed by atoms with van der Waals surface area (Å²) in [5, 5.41) is 6.96. The first-order valence-corrected chi connectivity index (χ1v) is 9.68. The van der Waals surface area contributed by atoms with Gasteiger partial charge in [-0.05, 0) is 44.2 Å². The van der Waals surface area contributed by atoms with Crippen LogP contribution in [0.4, 0.5) is 0 Å². The van der Waals surface area contributed by atoms with Crippen LogP contribution >= 0.6 is 23.4 Å². The average molecular weight is 361 g/mol. The van der Waals surface area contributed by atoms with E-state index >= 15 is 0 Å². The summed E-state index contributed by atoms with van der Waals surface area (Å²) in [5.41, 5.74) is 10.5. The van der Waals surface area contributed by atoms with Crippen molar-refractivity contribution in [1.82, 2.24) is 9.66 Å². The number of thioether (sulfide) groups is 1. The number of hydrogen-bond donors (Lipinski definition) is 1. The van der Waals surface area contributed by atoms with Crippen LogP contribution in [0, 0.1) is 6.92 Å². The molecule has 2 N–H and O–H groups in total. The molecule has 0 amide bonds. The lowest BCUT2D eigenvalue weighted by Crippen LogP contribution is -2.53. The van der Waals surface area contributed by atoms with Crippen LogP contribution in [0.5, 0.6) is 0 Å². The van der Waals surface area contributed by atoms with E-state index in [1.807, 2.05) is 28.9 Å². The number of fused-ring (bicyclic) bond motifs is 2. The van der Waals surface area contributed by atoms with Gasteiger partial charge in [0, 0.05) is 5.02 Å². The van der Waals surface area contributed by atoms with E-state index in [2.05, 4.69) is 13.8 Å². The topological polar surface area (TPSA) is 56.2 Å². The Hall–Kier alpha value is -1.30. The van der Waals surface area contributed by atoms with Gasteiger partial charge in [0.05, 0.1) is 27.9 Å². The Bertz CT molecular complexity index is 828. The van der Waals surface area contributed by atoms with Gasteiger partial charge in [-0.25, -0.2) is 9.66 Å². The van der Waals surface area contributed by atoms with Crippen molar-refractivity contribution in [2.45, 2.75) is 55.5 Å². The third-order valence-electron chi connectivity index (χ3n) is 5.09. The highest BCUT2D eigenvalue weighted by molar-refractivity contribution is 8.00. The van der Waals surface area contributed by atoms with Gasteiger partial charge in [0.25, 0.3) is 0 Å². The maximum Gasteiger partial charge on any atom is 0.189 e. The van der Waals surface area contributed by atoms with E-state index < -0.39 is 5.54 Å². The van der Waals surface area contributed by atoms with E-state index in [4.69, 9.17) is 27.4 Å². The zero-order chi connectivity index (χ0) is 16.9. The fourth-order valence-corrected chi connectivity index (χ4v) is 5.41. The molecule has 2 aromatic rings. The summed E-state index contributed by atoms with van der Waals surface area (Å²) in [5.74, 6) is 0. The van der Waals surface area contributed by atoms with E-state index in [0.717, 1.165) is 58.5 Å². The summed E-state index contributed by atoms with van der Waals surface area (Å²) in [6.45, 7) is 4.21. The molecule has 126 valence electrons. The second-order valence-electron chi connectivity index (χ2n) is 6.53. The molecule has 0 spiro atoms. The van der Waals surface area contributed by atoms with Gasteiger partial charge in [0.2, 0.25) is 0 Å². The van der Waals surface area contributed by atoms with Gasteiger partial charge in [-0.15, -0.1) is 0 Å². The second-order valence-corrected chi connectivity index (χ2v) is 8.10. The second kappa shape index (κ2) is 5.90. The Kier molecular flexibility index (Phi) is 3.98. The Balaban J connectivity index is 1.87. The van der Waals surface area contributed by atoms with Crippen molar-refractivity contribution in [2.75, 3.05) is 0 Å². The Morgan fingerprint density at radius 1 is 1.42 bits per heavy atom. The van der Waals surface area contributed by atoms with Crippen molar-refractivity contribution < 1.29 is 0 Å². The minimum absolute atomic E-state index is 0.277. The van der Waals surface area contributed by atoms with Gasteiger partial charge >= 0.3 is 0 Å². The van der Waals surface area contributed by atoms with Gasteiger partial charge in [0.15, 0.2) is 5.16 Å². The number of imidazole rings is 1. The van der Waals surface area contributed by atoms with Crippen molar-refractivity contribution in [3.05, 3.63) is 46.2 Å². The van der Waals surface area contributed by atoms with Crippen LogP contribution in [-0.4, -0.2) is 20.6 Å². The molecule has 1 saturated carbocycles. The van der Waals surface area contributed by atoms with Crippen molar-refractivity contribution in [1.29, 1.82) is 0 Å². The number of hydrogen-bond acceptors (Lipinski definition) is 4. The molecule has 2 atom stereocenters. The van der Waals surface area contributed by atoms with Crippen LogP contribution in [0.3, 0.4) is 0 Å². The van der Waals surface area contributed by atoms with Crippen molar-refractivity contribution >= 4 is 29.1 Å². The molecule has 1 aliphatic heterocycles.